The van der Waals surface area contributed by atoms with Crippen LogP contribution < -0.4 is 5.56 Å². The number of carbonyl (C=O) groups excluding carboxylic acids is 1. The van der Waals surface area contributed by atoms with Gasteiger partial charge >= 0.3 is 0 Å². The van der Waals surface area contributed by atoms with Crippen LogP contribution in [0.15, 0.2) is 46.6 Å². The monoisotopic (exact) mass is 396 g/mol. The Labute approximate surface area is 163 Å². The lowest BCUT2D eigenvalue weighted by Crippen LogP contribution is -2.28. The van der Waals surface area contributed by atoms with Crippen LogP contribution in [0.4, 0.5) is 0 Å². The Balaban J connectivity index is 1.58. The Morgan fingerprint density at radius 1 is 1.19 bits per heavy atom. The normalized spacial score (nSPS) is 11.0. The first kappa shape index (κ1) is 17.6. The zero-order valence-corrected chi connectivity index (χ0v) is 16.4. The summed E-state index contributed by atoms with van der Waals surface area (Å²) in [6.45, 7) is 2.05. The van der Waals surface area contributed by atoms with Gasteiger partial charge in [0.05, 0.1) is 17.8 Å². The van der Waals surface area contributed by atoms with Gasteiger partial charge in [-0.15, -0.1) is 22.7 Å². The van der Waals surface area contributed by atoms with Crippen molar-refractivity contribution in [3.05, 3.63) is 68.5 Å². The van der Waals surface area contributed by atoms with Crippen LogP contribution in [0.1, 0.15) is 21.2 Å². The van der Waals surface area contributed by atoms with E-state index in [0.29, 0.717) is 26.6 Å². The van der Waals surface area contributed by atoms with Gasteiger partial charge in [0.1, 0.15) is 20.4 Å². The van der Waals surface area contributed by atoms with Crippen molar-refractivity contribution in [1.82, 2.24) is 19.9 Å². The van der Waals surface area contributed by atoms with Gasteiger partial charge in [0, 0.05) is 12.6 Å². The first-order chi connectivity index (χ1) is 13.0. The minimum atomic E-state index is -0.175. The predicted octanol–water partition coefficient (Wildman–Crippen LogP) is 3.69. The first-order valence-electron chi connectivity index (χ1n) is 8.27. The van der Waals surface area contributed by atoms with Gasteiger partial charge in [0.2, 0.25) is 0 Å². The summed E-state index contributed by atoms with van der Waals surface area (Å²) < 4.78 is 0.596. The zero-order chi connectivity index (χ0) is 19.0. The minimum absolute atomic E-state index is 0.139. The molecule has 1 N–H and O–H groups in total. The molecule has 0 bridgehead atoms. The van der Waals surface area contributed by atoms with E-state index in [1.54, 1.807) is 18.0 Å². The van der Waals surface area contributed by atoms with Crippen molar-refractivity contribution < 1.29 is 4.79 Å². The number of aromatic nitrogens is 3. The molecule has 0 atom stereocenters. The van der Waals surface area contributed by atoms with Crippen LogP contribution in [0.5, 0.6) is 0 Å². The van der Waals surface area contributed by atoms with Crippen LogP contribution >= 0.6 is 22.7 Å². The van der Waals surface area contributed by atoms with Crippen molar-refractivity contribution in [2.75, 3.05) is 7.05 Å². The van der Waals surface area contributed by atoms with E-state index in [9.17, 15) is 9.59 Å². The largest absolute Gasteiger partial charge is 0.333 e. The number of aromatic amines is 1. The van der Waals surface area contributed by atoms with Crippen LogP contribution in [0, 0.1) is 6.92 Å². The number of fused-ring (bicyclic) bond motifs is 1. The molecule has 0 aliphatic carbocycles. The lowest BCUT2D eigenvalue weighted by atomic mass is 10.2. The molecule has 0 saturated heterocycles. The fourth-order valence-electron chi connectivity index (χ4n) is 2.77. The van der Waals surface area contributed by atoms with Gasteiger partial charge in [-0.05, 0) is 18.4 Å². The number of thiophene rings is 1. The standard InChI is InChI=1S/C19H16N4O2S2/c1-11-15(27-18(20-11)12-6-4-3-5-7-12)19(25)23(2)10-14-21-13-8-9-26-16(13)17(24)22-14/h3-9H,10H2,1-2H3,(H,21,22,24). The van der Waals surface area contributed by atoms with E-state index in [1.807, 2.05) is 42.6 Å². The lowest BCUT2D eigenvalue weighted by molar-refractivity contribution is 0.0785. The molecule has 0 saturated carbocycles. The Kier molecular flexibility index (Phi) is 4.59. The Morgan fingerprint density at radius 3 is 2.74 bits per heavy atom. The highest BCUT2D eigenvalue weighted by molar-refractivity contribution is 7.17. The highest BCUT2D eigenvalue weighted by Crippen LogP contribution is 2.28. The zero-order valence-electron chi connectivity index (χ0n) is 14.7. The van der Waals surface area contributed by atoms with E-state index in [1.165, 1.54) is 22.7 Å². The fourth-order valence-corrected chi connectivity index (χ4v) is 4.56. The van der Waals surface area contributed by atoms with Crippen molar-refractivity contribution in [2.24, 2.45) is 0 Å². The van der Waals surface area contributed by atoms with Crippen LogP contribution in [-0.2, 0) is 6.54 Å². The molecule has 0 fully saturated rings. The van der Waals surface area contributed by atoms with E-state index >= 15 is 0 Å². The number of hydrogen-bond acceptors (Lipinski definition) is 6. The molecule has 0 aliphatic rings. The number of H-pyrrole nitrogens is 1. The summed E-state index contributed by atoms with van der Waals surface area (Å²) in [7, 11) is 1.70. The SMILES string of the molecule is Cc1nc(-c2ccccc2)sc1C(=O)N(C)Cc1nc2ccsc2c(=O)[nH]1. The average molecular weight is 396 g/mol. The molecular weight excluding hydrogens is 380 g/mol. The van der Waals surface area contributed by atoms with Crippen molar-refractivity contribution >= 4 is 38.8 Å². The highest BCUT2D eigenvalue weighted by Gasteiger charge is 2.20. The first-order valence-corrected chi connectivity index (χ1v) is 9.97. The van der Waals surface area contributed by atoms with Gasteiger partial charge in [0.25, 0.3) is 11.5 Å². The third-order valence-electron chi connectivity index (χ3n) is 4.11. The van der Waals surface area contributed by atoms with Gasteiger partial charge in [-0.3, -0.25) is 9.59 Å². The molecule has 0 aliphatic heterocycles. The molecule has 0 spiro atoms. The Morgan fingerprint density at radius 2 is 1.96 bits per heavy atom. The summed E-state index contributed by atoms with van der Waals surface area (Å²) in [6.07, 6.45) is 0. The van der Waals surface area contributed by atoms with E-state index in [2.05, 4.69) is 15.0 Å². The number of rotatable bonds is 4. The topological polar surface area (TPSA) is 79.0 Å². The van der Waals surface area contributed by atoms with Gasteiger partial charge in [-0.25, -0.2) is 9.97 Å². The van der Waals surface area contributed by atoms with E-state index in [0.717, 1.165) is 10.6 Å². The molecule has 27 heavy (non-hydrogen) atoms. The number of thiazole rings is 1. The summed E-state index contributed by atoms with van der Waals surface area (Å²) in [6, 6.07) is 11.6. The molecule has 1 aromatic carbocycles. The molecule has 136 valence electrons. The second-order valence-corrected chi connectivity index (χ2v) is 8.02. The van der Waals surface area contributed by atoms with Crippen molar-refractivity contribution in [2.45, 2.75) is 13.5 Å². The van der Waals surface area contributed by atoms with Gasteiger partial charge in [0.15, 0.2) is 0 Å². The van der Waals surface area contributed by atoms with E-state index in [4.69, 9.17) is 0 Å². The lowest BCUT2D eigenvalue weighted by Gasteiger charge is -2.15. The number of hydrogen-bond donors (Lipinski definition) is 1. The highest BCUT2D eigenvalue weighted by atomic mass is 32.1. The molecule has 0 unspecified atom stereocenters. The fraction of sp³-hybridized carbons (Fsp3) is 0.158. The minimum Gasteiger partial charge on any atom is -0.333 e. The second-order valence-electron chi connectivity index (χ2n) is 6.11. The number of nitrogens with zero attached hydrogens (tertiary/aromatic N) is 3. The summed E-state index contributed by atoms with van der Waals surface area (Å²) in [5.41, 5.74) is 2.16. The molecule has 3 aromatic heterocycles. The maximum absolute atomic E-state index is 12.9. The summed E-state index contributed by atoms with van der Waals surface area (Å²) >= 11 is 2.73. The number of nitrogens with one attached hydrogen (secondary N) is 1. The third-order valence-corrected chi connectivity index (χ3v) is 6.21. The quantitative estimate of drug-likeness (QED) is 0.571. The molecule has 4 aromatic rings. The smallest absolute Gasteiger partial charge is 0.268 e. The number of amides is 1. The number of aryl methyl sites for hydroxylation is 1. The van der Waals surface area contributed by atoms with Gasteiger partial charge in [-0.2, -0.15) is 0 Å². The van der Waals surface area contributed by atoms with Crippen LogP contribution in [0.25, 0.3) is 20.8 Å². The second kappa shape index (κ2) is 7.05. The maximum Gasteiger partial charge on any atom is 0.268 e. The summed E-state index contributed by atoms with van der Waals surface area (Å²) in [5, 5.41) is 2.65. The van der Waals surface area contributed by atoms with Crippen LogP contribution in [0.2, 0.25) is 0 Å². The Hall–Kier alpha value is -2.84. The summed E-state index contributed by atoms with van der Waals surface area (Å²) in [5.74, 6) is 0.326. The molecule has 4 rings (SSSR count). The molecule has 0 radical (unpaired) electrons. The molecule has 8 heteroatoms. The van der Waals surface area contributed by atoms with Crippen LogP contribution in [0.3, 0.4) is 0 Å². The molecule has 1 amide bonds. The van der Waals surface area contributed by atoms with Crippen LogP contribution in [-0.4, -0.2) is 32.8 Å². The summed E-state index contributed by atoms with van der Waals surface area (Å²) in [4.78, 5) is 38.9. The molecule has 3 heterocycles. The number of benzene rings is 1. The Bertz CT molecular complexity index is 1180. The van der Waals surface area contributed by atoms with E-state index < -0.39 is 0 Å². The molecular formula is C19H16N4O2S2. The van der Waals surface area contributed by atoms with Crippen molar-refractivity contribution in [3.8, 4) is 10.6 Å². The van der Waals surface area contributed by atoms with Gasteiger partial charge in [-0.1, -0.05) is 30.3 Å². The van der Waals surface area contributed by atoms with Gasteiger partial charge < -0.3 is 9.88 Å². The third kappa shape index (κ3) is 3.41. The van der Waals surface area contributed by atoms with Crippen molar-refractivity contribution in [3.63, 3.8) is 0 Å². The number of carbonyl (C=O) groups is 1. The predicted molar refractivity (Wildman–Crippen MR) is 108 cm³/mol. The van der Waals surface area contributed by atoms with Crippen molar-refractivity contribution in [1.29, 1.82) is 0 Å². The molecule has 6 nitrogen and oxygen atoms in total. The van der Waals surface area contributed by atoms with E-state index in [-0.39, 0.29) is 18.0 Å². The average Bonchev–Trinajstić information content (AvgIpc) is 3.28. The maximum atomic E-state index is 12.9.